The third kappa shape index (κ3) is 3.43. The summed E-state index contributed by atoms with van der Waals surface area (Å²) in [6.45, 7) is 0. The maximum atomic E-state index is 2.41. The minimum absolute atomic E-state index is 0.146. The van der Waals surface area contributed by atoms with Crippen LogP contribution in [0.2, 0.25) is 0 Å². The van der Waals surface area contributed by atoms with Gasteiger partial charge in [0.05, 0.1) is 0 Å². The van der Waals surface area contributed by atoms with E-state index in [2.05, 4.69) is 121 Å². The predicted octanol–water partition coefficient (Wildman–Crippen LogP) is 4.87. The van der Waals surface area contributed by atoms with Gasteiger partial charge in [-0.3, -0.25) is 0 Å². The Balaban J connectivity index is 1.84. The van der Waals surface area contributed by atoms with E-state index >= 15 is 0 Å². The van der Waals surface area contributed by atoms with Crippen LogP contribution in [0.1, 0.15) is 0 Å². The molecule has 5 rings (SSSR count). The molecule has 0 aliphatic carbocycles. The van der Waals surface area contributed by atoms with Gasteiger partial charge < -0.3 is 0 Å². The molecule has 4 aromatic rings. The van der Waals surface area contributed by atoms with Gasteiger partial charge in [-0.25, -0.2) is 0 Å². The van der Waals surface area contributed by atoms with Crippen molar-refractivity contribution in [2.75, 3.05) is 12.3 Å². The van der Waals surface area contributed by atoms with Crippen molar-refractivity contribution in [1.82, 2.24) is 0 Å². The fourth-order valence-electron chi connectivity index (χ4n) is 4.36. The molecule has 0 nitrogen and oxygen atoms in total. The molecule has 1 heterocycles. The third-order valence-electron chi connectivity index (χ3n) is 5.79. The molecule has 0 unspecified atom stereocenters. The van der Waals surface area contributed by atoms with Crippen LogP contribution in [0.5, 0.6) is 0 Å². The molecule has 0 N–H and O–H groups in total. The zero-order chi connectivity index (χ0) is 19.6. The fraction of sp³-hybridized carbons (Fsp3) is 0.0769. The van der Waals surface area contributed by atoms with E-state index in [4.69, 9.17) is 0 Å². The summed E-state index contributed by atoms with van der Waals surface area (Å²) in [5.41, 5.74) is 0. The molecule has 0 amide bonds. The van der Waals surface area contributed by atoms with Crippen molar-refractivity contribution in [2.45, 2.75) is 0 Å². The van der Waals surface area contributed by atoms with Crippen LogP contribution in [0.3, 0.4) is 0 Å². The Kier molecular flexibility index (Phi) is 5.45. The number of rotatable bonds is 4. The van der Waals surface area contributed by atoms with E-state index < -0.39 is 11.2 Å². The van der Waals surface area contributed by atoms with Crippen LogP contribution in [0, 0.1) is 0 Å². The summed E-state index contributed by atoms with van der Waals surface area (Å²) in [5.74, 6) is -1.36. The van der Waals surface area contributed by atoms with Gasteiger partial charge in [-0.2, -0.15) is 0 Å². The van der Waals surface area contributed by atoms with Crippen molar-refractivity contribution < 1.29 is 0 Å². The summed E-state index contributed by atoms with van der Waals surface area (Å²) in [6.07, 6.45) is 2.69. The van der Waals surface area contributed by atoms with E-state index in [9.17, 15) is 0 Å². The van der Waals surface area contributed by atoms with Crippen LogP contribution in [0.15, 0.2) is 121 Å². The first-order valence-electron chi connectivity index (χ1n) is 10.1. The van der Waals surface area contributed by atoms with E-state index in [0.29, 0.717) is 0 Å². The maximum absolute atomic E-state index is 2.41. The van der Waals surface area contributed by atoms with Gasteiger partial charge in [0, 0.05) is 0 Å². The monoisotopic (exact) mass is 473 g/mol. The number of hydrogen-bond acceptors (Lipinski definition) is 0. The molecule has 4 aromatic carbocycles. The first kappa shape index (κ1) is 19.3. The van der Waals surface area contributed by atoms with Crippen molar-refractivity contribution in [2.24, 2.45) is 0 Å². The second-order valence-electron chi connectivity index (χ2n) is 7.42. The molecular formula is C26H24AsP2+. The Labute approximate surface area is 180 Å². The predicted molar refractivity (Wildman–Crippen MR) is 134 cm³/mol. The van der Waals surface area contributed by atoms with Crippen LogP contribution in [-0.2, 0) is 0 Å². The standard InChI is InChI=1S/C26H24AsP2/c1-5-13-23(14-6-1)28(24-15-7-2-8-16-24)21-22-29(27-28,25-17-9-3-10-18-25)26-19-11-4-12-20-26/h1-20H,21-22H2/q+1. The van der Waals surface area contributed by atoms with E-state index in [-0.39, 0.29) is 14.4 Å². The summed E-state index contributed by atoms with van der Waals surface area (Å²) in [5, 5.41) is 5.08. The molecule has 0 aromatic heterocycles. The molecule has 1 aliphatic rings. The Hall–Kier alpha value is -1.70. The summed E-state index contributed by atoms with van der Waals surface area (Å²) < 4.78 is 0. The normalized spacial score (nSPS) is 17.4. The molecule has 29 heavy (non-hydrogen) atoms. The quantitative estimate of drug-likeness (QED) is 0.293. The van der Waals surface area contributed by atoms with Gasteiger partial charge in [-0.1, -0.05) is 0 Å². The summed E-state index contributed by atoms with van der Waals surface area (Å²) >= 11 is 0.146. The van der Waals surface area contributed by atoms with Crippen LogP contribution in [-0.4, -0.2) is 26.7 Å². The molecule has 0 saturated heterocycles. The molecule has 0 spiro atoms. The van der Waals surface area contributed by atoms with Gasteiger partial charge in [-0.05, 0) is 0 Å². The van der Waals surface area contributed by atoms with Gasteiger partial charge in [0.2, 0.25) is 0 Å². The summed E-state index contributed by atoms with van der Waals surface area (Å²) in [6, 6.07) is 45.8. The van der Waals surface area contributed by atoms with Crippen molar-refractivity contribution in [3.8, 4) is 0 Å². The van der Waals surface area contributed by atoms with E-state index in [1.807, 2.05) is 0 Å². The average Bonchev–Trinajstić information content (AvgIpc) is 3.25. The van der Waals surface area contributed by atoms with Gasteiger partial charge in [-0.15, -0.1) is 0 Å². The van der Waals surface area contributed by atoms with Gasteiger partial charge in [0.1, 0.15) is 0 Å². The average molecular weight is 473 g/mol. The van der Waals surface area contributed by atoms with Crippen molar-refractivity contribution in [3.05, 3.63) is 121 Å². The van der Waals surface area contributed by atoms with Crippen molar-refractivity contribution in [3.63, 3.8) is 0 Å². The number of benzene rings is 4. The molecule has 0 radical (unpaired) electrons. The third-order valence-corrected chi connectivity index (χ3v) is 34.8. The molecule has 142 valence electrons. The zero-order valence-corrected chi connectivity index (χ0v) is 20.0. The molecule has 1 aliphatic heterocycles. The van der Waals surface area contributed by atoms with Crippen LogP contribution >= 0.6 is 11.2 Å². The molecule has 3 heteroatoms. The van der Waals surface area contributed by atoms with Gasteiger partial charge in [0.25, 0.3) is 0 Å². The Morgan fingerprint density at radius 2 is 0.897 bits per heavy atom. The second-order valence-corrected chi connectivity index (χ2v) is 26.1. The Bertz CT molecular complexity index is 1060. The van der Waals surface area contributed by atoms with Gasteiger partial charge in [0.15, 0.2) is 0 Å². The summed E-state index contributed by atoms with van der Waals surface area (Å²) in [4.78, 5) is 0. The zero-order valence-electron chi connectivity index (χ0n) is 16.3. The molecule has 0 bridgehead atoms. The Morgan fingerprint density at radius 1 is 0.517 bits per heavy atom. The summed E-state index contributed by atoms with van der Waals surface area (Å²) in [7, 11) is 0. The first-order valence-corrected chi connectivity index (χ1v) is 19.0. The van der Waals surface area contributed by atoms with Gasteiger partial charge >= 0.3 is 180 Å². The number of hydrogen-bond donors (Lipinski definition) is 0. The molecular weight excluding hydrogens is 449 g/mol. The SMILES string of the molecule is c1ccc(P2(c3ccccc3)=[As][P+](c3ccccc3)(c3ccccc3)CC2)cc1. The molecule has 0 saturated carbocycles. The van der Waals surface area contributed by atoms with E-state index in [1.54, 1.807) is 21.2 Å². The Morgan fingerprint density at radius 3 is 1.31 bits per heavy atom. The first-order chi connectivity index (χ1) is 14.3. The molecule has 0 fully saturated rings. The van der Waals surface area contributed by atoms with Crippen LogP contribution in [0.4, 0.5) is 0 Å². The van der Waals surface area contributed by atoms with Crippen LogP contribution < -0.4 is 21.2 Å². The minimum atomic E-state index is -1.36. The second kappa shape index (κ2) is 8.20. The van der Waals surface area contributed by atoms with E-state index in [1.165, 1.54) is 12.3 Å². The van der Waals surface area contributed by atoms with Crippen LogP contribution in [0.25, 0.3) is 0 Å². The van der Waals surface area contributed by atoms with E-state index in [0.717, 1.165) is 0 Å². The van der Waals surface area contributed by atoms with Crippen molar-refractivity contribution >= 4 is 46.8 Å². The molecule has 0 atom stereocenters. The van der Waals surface area contributed by atoms with Crippen molar-refractivity contribution in [1.29, 1.82) is 0 Å². The fourth-order valence-corrected chi connectivity index (χ4v) is 43.2. The topological polar surface area (TPSA) is 0 Å².